The number of nitrogens with one attached hydrogen (secondary N) is 1. The van der Waals surface area contributed by atoms with Gasteiger partial charge in [-0.3, -0.25) is 14.4 Å². The molecule has 0 aromatic heterocycles. The summed E-state index contributed by atoms with van der Waals surface area (Å²) in [7, 11) is 9.72. The Labute approximate surface area is 715 Å². The van der Waals surface area contributed by atoms with Gasteiger partial charge in [0.25, 0.3) is 11.8 Å². The molecule has 1 saturated heterocycles. The number of carbonyl (C=O) groups excluding carboxylic acids is 4. The van der Waals surface area contributed by atoms with Crippen LogP contribution in [0.2, 0.25) is 0 Å². The fourth-order valence-electron chi connectivity index (χ4n) is 12.1. The summed E-state index contributed by atoms with van der Waals surface area (Å²) in [5.41, 5.74) is 6.37. The lowest BCUT2D eigenvalue weighted by molar-refractivity contribution is -0.177. The molecule has 1 fully saturated rings. The van der Waals surface area contributed by atoms with Crippen LogP contribution in [0.5, 0.6) is 0 Å². The van der Waals surface area contributed by atoms with E-state index in [1.807, 2.05) is 38.0 Å². The number of aliphatic hydroxyl groups excluding tert-OH is 1. The number of likely N-dealkylation sites (N-methyl/N-ethyl adjacent to an activating group) is 2. The summed E-state index contributed by atoms with van der Waals surface area (Å²) in [6, 6.07) is 0.676. The summed E-state index contributed by atoms with van der Waals surface area (Å²) in [4.78, 5) is 56.4. The lowest BCUT2D eigenvalue weighted by atomic mass is 10.00. The van der Waals surface area contributed by atoms with Gasteiger partial charge < -0.3 is 40.3 Å². The molecular formula is C96H182Cl2N6O8S. The number of hydrogen-bond acceptors (Lipinski definition) is 13. The first-order valence-electron chi connectivity index (χ1n) is 46.3. The Balaban J connectivity index is -0.000000520. The van der Waals surface area contributed by atoms with Crippen LogP contribution in [0.4, 0.5) is 9.59 Å². The van der Waals surface area contributed by atoms with E-state index in [9.17, 15) is 19.2 Å². The minimum atomic E-state index is -1.02. The number of imide groups is 1. The number of nitrogens with two attached hydrogens (primary N) is 1. The Morgan fingerprint density at radius 1 is 0.442 bits per heavy atom. The van der Waals surface area contributed by atoms with Gasteiger partial charge in [-0.1, -0.05) is 317 Å². The molecule has 0 saturated carbocycles. The van der Waals surface area contributed by atoms with Gasteiger partial charge in [-0.05, 0) is 209 Å². The van der Waals surface area contributed by atoms with Gasteiger partial charge >= 0.3 is 12.2 Å². The molecule has 0 bridgehead atoms. The molecule has 1 aliphatic heterocycles. The topological polar surface area (TPSA) is 167 Å². The molecule has 0 aromatic rings. The molecule has 3 amide bonds. The summed E-state index contributed by atoms with van der Waals surface area (Å²) in [6.07, 6.45) is 105. The third kappa shape index (κ3) is 106. The average Bonchev–Trinajstić information content (AvgIpc) is 1.73. The summed E-state index contributed by atoms with van der Waals surface area (Å²) in [5, 5.41) is 12.1. The molecule has 17 heteroatoms. The molecule has 1 heterocycles. The lowest BCUT2D eigenvalue weighted by Gasteiger charge is -2.19. The van der Waals surface area contributed by atoms with Crippen molar-refractivity contribution in [3.05, 3.63) is 97.2 Å². The maximum atomic E-state index is 12.5. The minimum Gasteiger partial charge on any atom is -0.448 e. The highest BCUT2D eigenvalue weighted by atomic mass is 35.5. The van der Waals surface area contributed by atoms with Crippen LogP contribution in [0.25, 0.3) is 0 Å². The molecule has 14 nitrogen and oxygen atoms in total. The van der Waals surface area contributed by atoms with Gasteiger partial charge in [-0.15, -0.1) is 23.2 Å². The van der Waals surface area contributed by atoms with Crippen LogP contribution in [0.15, 0.2) is 97.2 Å². The molecular weight excluding hydrogens is 1470 g/mol. The largest absolute Gasteiger partial charge is 0.533 e. The van der Waals surface area contributed by atoms with Crippen LogP contribution in [-0.4, -0.2) is 155 Å². The molecule has 1 rings (SSSR count). The van der Waals surface area contributed by atoms with Crippen molar-refractivity contribution in [1.29, 1.82) is 1.12 Å². The molecule has 0 spiro atoms. The molecule has 4 N–H and O–H groups in total. The number of nitrogens with zero attached hydrogens (tertiary/aromatic N) is 4. The van der Waals surface area contributed by atoms with Crippen LogP contribution in [0, 0.1) is 0 Å². The summed E-state index contributed by atoms with van der Waals surface area (Å²) >= 11 is 10.5. The number of alkyl halides is 2. The number of unbranched alkanes of at least 4 members (excludes halogenated alkanes) is 36. The highest BCUT2D eigenvalue weighted by molar-refractivity contribution is 7.79. The number of hydrogen-bond donors (Lipinski definition) is 4. The zero-order valence-electron chi connectivity index (χ0n) is 76.3. The number of thiol groups is 1. The smallest absolute Gasteiger partial charge is 0.448 e. The van der Waals surface area contributed by atoms with E-state index in [1.54, 1.807) is 6.26 Å². The van der Waals surface area contributed by atoms with E-state index in [-0.39, 0.29) is 43.5 Å². The molecule has 0 atom stereocenters. The van der Waals surface area contributed by atoms with Gasteiger partial charge in [0, 0.05) is 44.6 Å². The third-order valence-corrected chi connectivity index (χ3v) is 19.3. The van der Waals surface area contributed by atoms with Crippen molar-refractivity contribution >= 4 is 59.8 Å². The van der Waals surface area contributed by atoms with Crippen LogP contribution in [-0.2, 0) is 23.9 Å². The summed E-state index contributed by atoms with van der Waals surface area (Å²) in [6.45, 7) is 15.4. The summed E-state index contributed by atoms with van der Waals surface area (Å²) in [5.74, 6) is -1.03. The first-order chi connectivity index (χ1) is 55.5. The maximum Gasteiger partial charge on any atom is 0.533 e. The van der Waals surface area contributed by atoms with Crippen molar-refractivity contribution in [3.8, 4) is 0 Å². The number of aliphatic hydroxyl groups is 1. The van der Waals surface area contributed by atoms with Crippen LogP contribution >= 0.6 is 35.7 Å². The summed E-state index contributed by atoms with van der Waals surface area (Å²) < 4.78 is 16.3. The second kappa shape index (κ2) is 104. The molecule has 113 heavy (non-hydrogen) atoms. The predicted octanol–water partition coefficient (Wildman–Crippen LogP) is 27.8. The molecule has 0 aromatic carbocycles. The maximum absolute atomic E-state index is 12.5. The van der Waals surface area contributed by atoms with Crippen LogP contribution < -0.4 is 11.1 Å². The van der Waals surface area contributed by atoms with Gasteiger partial charge in [-0.2, -0.15) is 12.5 Å². The number of allylic oxidation sites excluding steroid dienone is 16. The van der Waals surface area contributed by atoms with Crippen molar-refractivity contribution in [1.82, 2.24) is 25.1 Å². The molecule has 0 radical (unpaired) electrons. The second-order valence-corrected chi connectivity index (χ2v) is 31.5. The molecule has 1 aliphatic rings. The Morgan fingerprint density at radius 2 is 0.726 bits per heavy atom. The number of carbonyl (C=O) groups is 4. The van der Waals surface area contributed by atoms with Crippen molar-refractivity contribution in [2.45, 2.75) is 400 Å². The van der Waals surface area contributed by atoms with E-state index in [1.165, 1.54) is 295 Å². The zero-order chi connectivity index (χ0) is 85.2. The highest BCUT2D eigenvalue weighted by Gasteiger charge is 2.33. The number of hydroxylamine groups is 2. The Hall–Kier alpha value is -3.67. The SMILES string of the molecule is CCCCC/C=C\C/C=C\CCCCCCCCC(CCCCCCCC/C=C\C/C=C\CCCCC)NC(=O)OCCN(C)CC.CCCCC/C=C\C/C=C\CCCCCCCCC(N)CCCCCCCC/C=C\C/C=C\CCCCC.CN(C)CCCOC(=O)ON1C(=O)CCC1=O.CN(C)CCO.ClCCl.[2H]SC. The Morgan fingerprint density at radius 3 is 1.00 bits per heavy atom. The lowest BCUT2D eigenvalue weighted by Crippen LogP contribution is -2.36. The first kappa shape index (κ1) is 116. The van der Waals surface area contributed by atoms with E-state index in [2.05, 4.69) is 154 Å². The Bertz CT molecular complexity index is 2110. The number of alkyl carbamates (subject to hydrolysis) is 1. The van der Waals surface area contributed by atoms with Crippen LogP contribution in [0.3, 0.4) is 0 Å². The fourth-order valence-corrected chi connectivity index (χ4v) is 12.1. The molecule has 0 unspecified atom stereocenters. The van der Waals surface area contributed by atoms with Crippen molar-refractivity contribution in [2.75, 3.05) is 92.8 Å². The monoisotopic (exact) mass is 1650 g/mol. The minimum absolute atomic E-state index is 0.0761. The normalized spacial score (nSPS) is 12.5. The van der Waals surface area contributed by atoms with E-state index in [0.29, 0.717) is 24.1 Å². The number of amides is 3. The number of rotatable bonds is 72. The van der Waals surface area contributed by atoms with Gasteiger partial charge in [0.2, 0.25) is 0 Å². The van der Waals surface area contributed by atoms with E-state index in [0.717, 1.165) is 77.2 Å². The highest BCUT2D eigenvalue weighted by Crippen LogP contribution is 2.19. The zero-order valence-corrected chi connectivity index (χ0v) is 77.6. The van der Waals surface area contributed by atoms with E-state index in [4.69, 9.17) is 44.6 Å². The van der Waals surface area contributed by atoms with Gasteiger partial charge in [-0.25, -0.2) is 9.59 Å². The van der Waals surface area contributed by atoms with Gasteiger partial charge in [0.1, 0.15) is 7.73 Å². The fraction of sp³-hybridized carbons (Fsp3) is 0.792. The van der Waals surface area contributed by atoms with Crippen molar-refractivity contribution in [2.24, 2.45) is 5.73 Å². The predicted molar refractivity (Wildman–Crippen MR) is 499 cm³/mol. The van der Waals surface area contributed by atoms with Gasteiger partial charge in [0.15, 0.2) is 0 Å². The third-order valence-electron chi connectivity index (χ3n) is 19.3. The second-order valence-electron chi connectivity index (χ2n) is 30.7. The quantitative estimate of drug-likeness (QED) is 0.0114. The average molecular weight is 1650 g/mol. The van der Waals surface area contributed by atoms with Crippen molar-refractivity contribution < 1.29 is 38.6 Å². The van der Waals surface area contributed by atoms with Crippen molar-refractivity contribution in [3.63, 3.8) is 0 Å². The standard InChI is InChI=1S/C43H80N2O2.C37H69N.C10H16N2O5.C4H11NO.CH2Cl2.CH4S/c1-5-8-10-12-14-16-18-20-22-24-26-28-30-32-34-36-38-42(44-43(46)47-41-40-45(4)7-3)39-37-35-33-31-29-27-25-23-21-19-17-15-13-11-9-6-2;1-3-5-7-9-11-13-15-17-19-21-23-25-27-29-31-33-35-37(38)36-34-32-30-28-26-24-22-20-18-16-14-12-10-8-6-4-2;1-11(2)6-3-7-16-10(15)17-12-8(13)4-5-9(12)14;1-5(2)3-4-6;2-1-3;1-2/h14-17,20-23,42H,5-13,18-19,24-41H2,1-4H3,(H,44,46);11-14,17-20,37H,3-10,15-16,21-36,38H2,1-2H3;3-7H2,1-2H3;6H,3-4H2,1-2H3;1H2;2H,1H3/b16-14-,17-15-,22-20-,23-21-;13-11-,14-12-,19-17-,20-18-;;;;/i/hD. The van der Waals surface area contributed by atoms with Gasteiger partial charge in [0.05, 0.1) is 18.6 Å². The number of halogens is 2. The molecule has 0 aliphatic carbocycles. The van der Waals surface area contributed by atoms with E-state index < -0.39 is 18.0 Å². The van der Waals surface area contributed by atoms with Crippen LogP contribution in [0.1, 0.15) is 388 Å². The number of ether oxygens (including phenoxy) is 2. The van der Waals surface area contributed by atoms with E-state index >= 15 is 0 Å². The molecule has 664 valence electrons. The Kier molecular flexibility index (Phi) is 107. The first-order valence-corrected chi connectivity index (χ1v) is 47.7.